The fourth-order valence-corrected chi connectivity index (χ4v) is 2.79. The van der Waals surface area contributed by atoms with Gasteiger partial charge in [0.05, 0.1) is 5.84 Å². The second-order valence-corrected chi connectivity index (χ2v) is 6.41. The standard InChI is InChI=1S/C15H30N2/c1-12(2)10-17(11-13(3)4)15(16)14-8-6-5-7-9-14/h12-14,16H,5-11H2,1-4H3. The zero-order valence-corrected chi connectivity index (χ0v) is 12.1. The van der Waals surface area contributed by atoms with Crippen molar-refractivity contribution in [2.45, 2.75) is 59.8 Å². The monoisotopic (exact) mass is 238 g/mol. The van der Waals surface area contributed by atoms with Crippen LogP contribution in [0.5, 0.6) is 0 Å². The van der Waals surface area contributed by atoms with Gasteiger partial charge in [-0.2, -0.15) is 0 Å². The van der Waals surface area contributed by atoms with Crippen molar-refractivity contribution in [1.82, 2.24) is 4.90 Å². The molecule has 1 saturated carbocycles. The SMILES string of the molecule is CC(C)CN(CC(C)C)C(=N)C1CCCCC1. The van der Waals surface area contributed by atoms with Crippen molar-refractivity contribution in [3.05, 3.63) is 0 Å². The molecule has 0 aromatic rings. The number of rotatable bonds is 5. The van der Waals surface area contributed by atoms with Crippen LogP contribution in [0, 0.1) is 23.2 Å². The molecule has 0 aromatic carbocycles. The lowest BCUT2D eigenvalue weighted by atomic mass is 9.87. The van der Waals surface area contributed by atoms with E-state index in [0.29, 0.717) is 17.8 Å². The Kier molecular flexibility index (Phi) is 6.01. The summed E-state index contributed by atoms with van der Waals surface area (Å²) in [7, 11) is 0. The Labute approximate surface area is 107 Å². The summed E-state index contributed by atoms with van der Waals surface area (Å²) in [6.07, 6.45) is 6.50. The van der Waals surface area contributed by atoms with E-state index in [4.69, 9.17) is 5.41 Å². The second-order valence-electron chi connectivity index (χ2n) is 6.41. The molecular formula is C15H30N2. The van der Waals surface area contributed by atoms with Crippen LogP contribution in [0.1, 0.15) is 59.8 Å². The predicted molar refractivity (Wildman–Crippen MR) is 75.6 cm³/mol. The van der Waals surface area contributed by atoms with Crippen LogP contribution in [0.2, 0.25) is 0 Å². The molecule has 17 heavy (non-hydrogen) atoms. The molecule has 0 amide bonds. The maximum atomic E-state index is 8.45. The van der Waals surface area contributed by atoms with Crippen LogP contribution in [0.3, 0.4) is 0 Å². The molecular weight excluding hydrogens is 208 g/mol. The largest absolute Gasteiger partial charge is 0.360 e. The topological polar surface area (TPSA) is 27.1 Å². The fourth-order valence-electron chi connectivity index (χ4n) is 2.79. The van der Waals surface area contributed by atoms with E-state index in [0.717, 1.165) is 18.9 Å². The lowest BCUT2D eigenvalue weighted by molar-refractivity contribution is 0.296. The van der Waals surface area contributed by atoms with Crippen LogP contribution < -0.4 is 0 Å². The van der Waals surface area contributed by atoms with Gasteiger partial charge in [-0.3, -0.25) is 5.41 Å². The minimum Gasteiger partial charge on any atom is -0.360 e. The van der Waals surface area contributed by atoms with Crippen LogP contribution in [-0.2, 0) is 0 Å². The minimum absolute atomic E-state index is 0.543. The molecule has 0 bridgehead atoms. The van der Waals surface area contributed by atoms with Crippen molar-refractivity contribution < 1.29 is 0 Å². The molecule has 1 aliphatic carbocycles. The zero-order valence-electron chi connectivity index (χ0n) is 12.1. The van der Waals surface area contributed by atoms with Crippen molar-refractivity contribution in [3.8, 4) is 0 Å². The van der Waals surface area contributed by atoms with Gasteiger partial charge in [0.2, 0.25) is 0 Å². The van der Waals surface area contributed by atoms with Crippen molar-refractivity contribution in [3.63, 3.8) is 0 Å². The highest BCUT2D eigenvalue weighted by Gasteiger charge is 2.23. The van der Waals surface area contributed by atoms with Crippen molar-refractivity contribution >= 4 is 5.84 Å². The first-order valence-corrected chi connectivity index (χ1v) is 7.34. The van der Waals surface area contributed by atoms with Crippen LogP contribution in [-0.4, -0.2) is 23.8 Å². The van der Waals surface area contributed by atoms with E-state index in [1.807, 2.05) is 0 Å². The summed E-state index contributed by atoms with van der Waals surface area (Å²) in [5.41, 5.74) is 0. The zero-order chi connectivity index (χ0) is 12.8. The number of nitrogens with zero attached hydrogens (tertiary/aromatic N) is 1. The molecule has 0 aliphatic heterocycles. The lowest BCUT2D eigenvalue weighted by Crippen LogP contribution is -2.40. The van der Waals surface area contributed by atoms with Gasteiger partial charge in [0, 0.05) is 19.0 Å². The highest BCUT2D eigenvalue weighted by Crippen LogP contribution is 2.26. The van der Waals surface area contributed by atoms with E-state index in [1.54, 1.807) is 0 Å². The van der Waals surface area contributed by atoms with E-state index in [-0.39, 0.29) is 0 Å². The minimum atomic E-state index is 0.543. The van der Waals surface area contributed by atoms with Crippen LogP contribution in [0.25, 0.3) is 0 Å². The van der Waals surface area contributed by atoms with Crippen molar-refractivity contribution in [2.75, 3.05) is 13.1 Å². The first-order chi connectivity index (χ1) is 8.00. The van der Waals surface area contributed by atoms with Gasteiger partial charge in [-0.1, -0.05) is 47.0 Å². The Hall–Kier alpha value is -0.530. The molecule has 1 N–H and O–H groups in total. The smallest absolute Gasteiger partial charge is 0.0989 e. The third-order valence-electron chi connectivity index (χ3n) is 3.50. The summed E-state index contributed by atoms with van der Waals surface area (Å²) >= 11 is 0. The Morgan fingerprint density at radius 3 is 1.88 bits per heavy atom. The Bertz CT molecular complexity index is 217. The highest BCUT2D eigenvalue weighted by atomic mass is 15.2. The van der Waals surface area contributed by atoms with E-state index in [1.165, 1.54) is 32.1 Å². The quantitative estimate of drug-likeness (QED) is 0.565. The van der Waals surface area contributed by atoms with Gasteiger partial charge in [-0.25, -0.2) is 0 Å². The summed E-state index contributed by atoms with van der Waals surface area (Å²) in [6, 6.07) is 0. The van der Waals surface area contributed by atoms with Gasteiger partial charge < -0.3 is 4.90 Å². The first-order valence-electron chi connectivity index (χ1n) is 7.34. The number of hydrogen-bond acceptors (Lipinski definition) is 1. The van der Waals surface area contributed by atoms with Gasteiger partial charge in [0.15, 0.2) is 0 Å². The van der Waals surface area contributed by atoms with Gasteiger partial charge >= 0.3 is 0 Å². The first kappa shape index (κ1) is 14.5. The molecule has 1 rings (SSSR count). The Morgan fingerprint density at radius 1 is 1.00 bits per heavy atom. The molecule has 0 atom stereocenters. The van der Waals surface area contributed by atoms with Gasteiger partial charge in [0.1, 0.15) is 0 Å². The summed E-state index contributed by atoms with van der Waals surface area (Å²) in [4.78, 5) is 2.34. The summed E-state index contributed by atoms with van der Waals surface area (Å²) in [6.45, 7) is 11.1. The normalized spacial score (nSPS) is 17.8. The molecule has 2 heteroatoms. The van der Waals surface area contributed by atoms with E-state index < -0.39 is 0 Å². The molecule has 0 aromatic heterocycles. The molecule has 0 radical (unpaired) electrons. The second kappa shape index (κ2) is 7.03. The van der Waals surface area contributed by atoms with Crippen LogP contribution in [0.15, 0.2) is 0 Å². The molecule has 2 nitrogen and oxygen atoms in total. The molecule has 0 heterocycles. The lowest BCUT2D eigenvalue weighted by Gasteiger charge is -2.34. The maximum Gasteiger partial charge on any atom is 0.0989 e. The van der Waals surface area contributed by atoms with Crippen molar-refractivity contribution in [2.24, 2.45) is 17.8 Å². The average molecular weight is 238 g/mol. The third-order valence-corrected chi connectivity index (χ3v) is 3.50. The van der Waals surface area contributed by atoms with Gasteiger partial charge in [-0.05, 0) is 24.7 Å². The Balaban J connectivity index is 2.56. The van der Waals surface area contributed by atoms with Crippen molar-refractivity contribution in [1.29, 1.82) is 5.41 Å². The average Bonchev–Trinajstić information content (AvgIpc) is 2.27. The summed E-state index contributed by atoms with van der Waals surface area (Å²) < 4.78 is 0. The van der Waals surface area contributed by atoms with E-state index in [9.17, 15) is 0 Å². The van der Waals surface area contributed by atoms with Crippen LogP contribution in [0.4, 0.5) is 0 Å². The van der Waals surface area contributed by atoms with Gasteiger partial charge in [0.25, 0.3) is 0 Å². The molecule has 0 unspecified atom stereocenters. The third kappa shape index (κ3) is 5.10. The Morgan fingerprint density at radius 2 is 1.47 bits per heavy atom. The summed E-state index contributed by atoms with van der Waals surface area (Å²) in [5, 5.41) is 8.45. The number of hydrogen-bond donors (Lipinski definition) is 1. The maximum absolute atomic E-state index is 8.45. The van der Waals surface area contributed by atoms with E-state index in [2.05, 4.69) is 32.6 Å². The highest BCUT2D eigenvalue weighted by molar-refractivity contribution is 5.81. The predicted octanol–water partition coefficient (Wildman–Crippen LogP) is 4.16. The number of amidine groups is 1. The molecule has 0 saturated heterocycles. The fraction of sp³-hybridized carbons (Fsp3) is 0.933. The van der Waals surface area contributed by atoms with Crippen LogP contribution >= 0.6 is 0 Å². The molecule has 100 valence electrons. The number of nitrogens with one attached hydrogen (secondary N) is 1. The summed E-state index contributed by atoms with van der Waals surface area (Å²) in [5.74, 6) is 2.77. The molecule has 1 aliphatic rings. The van der Waals surface area contributed by atoms with E-state index >= 15 is 0 Å². The molecule has 0 spiro atoms. The molecule has 1 fully saturated rings. The van der Waals surface area contributed by atoms with Gasteiger partial charge in [-0.15, -0.1) is 0 Å².